The Morgan fingerprint density at radius 3 is 2.45 bits per heavy atom. The minimum Gasteiger partial charge on any atom is -0.435 e. The van der Waals surface area contributed by atoms with Gasteiger partial charge in [0, 0.05) is 23.5 Å². The summed E-state index contributed by atoms with van der Waals surface area (Å²) in [5, 5.41) is 0.724. The van der Waals surface area contributed by atoms with E-state index in [0.29, 0.717) is 18.2 Å². The van der Waals surface area contributed by atoms with Crippen LogP contribution in [0.5, 0.6) is 5.75 Å². The van der Waals surface area contributed by atoms with Gasteiger partial charge < -0.3 is 9.64 Å². The number of carbonyl (C=O) groups excluding carboxylic acids is 1. The number of hydrogen-bond donors (Lipinski definition) is 0. The van der Waals surface area contributed by atoms with Crippen LogP contribution in [-0.2, 0) is 0 Å². The molecule has 0 N–H and O–H groups in total. The molecule has 0 radical (unpaired) electrons. The number of nitrogens with zero attached hydrogens (tertiary/aromatic N) is 1. The fourth-order valence-electron chi connectivity index (χ4n) is 2.18. The molecule has 0 atom stereocenters. The molecule has 0 aliphatic heterocycles. The maximum Gasteiger partial charge on any atom is 0.387 e. The lowest BCUT2D eigenvalue weighted by Crippen LogP contribution is -2.45. The molecule has 0 heterocycles. The number of hydrogen-bond acceptors (Lipinski definition) is 2. The largest absolute Gasteiger partial charge is 0.435 e. The van der Waals surface area contributed by atoms with E-state index in [0.717, 1.165) is 24.6 Å². The van der Waals surface area contributed by atoms with E-state index in [-0.39, 0.29) is 11.7 Å². The van der Waals surface area contributed by atoms with Gasteiger partial charge in [-0.15, -0.1) is 0 Å². The predicted octanol–water partition coefficient (Wildman–Crippen LogP) is 3.68. The smallest absolute Gasteiger partial charge is 0.387 e. The summed E-state index contributed by atoms with van der Waals surface area (Å²) in [4.78, 5) is 14.3. The number of amides is 1. The molecule has 2 rings (SSSR count). The second-order valence-corrected chi connectivity index (χ2v) is 5.47. The highest BCUT2D eigenvalue weighted by Gasteiger charge is 2.28. The lowest BCUT2D eigenvalue weighted by atomic mass is 9.91. The number of carbonyl (C=O) groups is 1. The maximum atomic E-state index is 12.4. The van der Waals surface area contributed by atoms with Crippen LogP contribution in [0.25, 0.3) is 0 Å². The van der Waals surface area contributed by atoms with Gasteiger partial charge in [0.1, 0.15) is 5.75 Å². The summed E-state index contributed by atoms with van der Waals surface area (Å²) in [5.41, 5.74) is 0.500. The highest BCUT2D eigenvalue weighted by molar-refractivity contribution is 9.09. The summed E-state index contributed by atoms with van der Waals surface area (Å²) in [6, 6.07) is 6.15. The molecular formula is C14H16BrF2NO2. The summed E-state index contributed by atoms with van der Waals surface area (Å²) in [7, 11) is 0. The molecule has 1 aliphatic rings. The Bertz CT molecular complexity index is 449. The van der Waals surface area contributed by atoms with Gasteiger partial charge in [0.05, 0.1) is 0 Å². The highest BCUT2D eigenvalue weighted by atomic mass is 79.9. The Morgan fingerprint density at radius 1 is 1.35 bits per heavy atom. The quantitative estimate of drug-likeness (QED) is 0.734. The molecule has 1 saturated carbocycles. The minimum atomic E-state index is -2.85. The van der Waals surface area contributed by atoms with Crippen molar-refractivity contribution in [3.8, 4) is 5.75 Å². The highest BCUT2D eigenvalue weighted by Crippen LogP contribution is 2.26. The van der Waals surface area contributed by atoms with Gasteiger partial charge in [-0.2, -0.15) is 8.78 Å². The molecule has 0 aromatic heterocycles. The standard InChI is InChI=1S/C14H16BrF2NO2/c15-8-9-18(11-2-1-3-11)13(19)10-4-6-12(7-5-10)20-14(16)17/h4-7,11,14H,1-3,8-9H2. The molecule has 3 nitrogen and oxygen atoms in total. The average Bonchev–Trinajstić information content (AvgIpc) is 2.35. The molecule has 0 saturated heterocycles. The van der Waals surface area contributed by atoms with Crippen molar-refractivity contribution >= 4 is 21.8 Å². The van der Waals surface area contributed by atoms with Gasteiger partial charge in [-0.05, 0) is 43.5 Å². The summed E-state index contributed by atoms with van der Waals surface area (Å²) in [5.74, 6) is 0.00461. The third-order valence-electron chi connectivity index (χ3n) is 3.43. The van der Waals surface area contributed by atoms with Crippen molar-refractivity contribution in [3.05, 3.63) is 29.8 Å². The SMILES string of the molecule is O=C(c1ccc(OC(F)F)cc1)N(CCBr)C1CCC1. The van der Waals surface area contributed by atoms with Crippen LogP contribution in [0.4, 0.5) is 8.78 Å². The molecule has 1 amide bonds. The second kappa shape index (κ2) is 7.02. The first-order valence-corrected chi connectivity index (χ1v) is 7.66. The van der Waals surface area contributed by atoms with Crippen LogP contribution in [0.2, 0.25) is 0 Å². The van der Waals surface area contributed by atoms with E-state index in [2.05, 4.69) is 20.7 Å². The van der Waals surface area contributed by atoms with Crippen molar-refractivity contribution < 1.29 is 18.3 Å². The molecule has 6 heteroatoms. The average molecular weight is 348 g/mol. The monoisotopic (exact) mass is 347 g/mol. The Morgan fingerprint density at radius 2 is 2.00 bits per heavy atom. The van der Waals surface area contributed by atoms with Crippen molar-refractivity contribution in [2.24, 2.45) is 0 Å². The van der Waals surface area contributed by atoms with E-state index in [9.17, 15) is 13.6 Å². The van der Waals surface area contributed by atoms with Crippen LogP contribution in [0.1, 0.15) is 29.6 Å². The molecule has 0 spiro atoms. The van der Waals surface area contributed by atoms with Crippen LogP contribution in [0.15, 0.2) is 24.3 Å². The lowest BCUT2D eigenvalue weighted by Gasteiger charge is -2.37. The van der Waals surface area contributed by atoms with Crippen LogP contribution in [0.3, 0.4) is 0 Å². The van der Waals surface area contributed by atoms with Crippen LogP contribution >= 0.6 is 15.9 Å². The van der Waals surface area contributed by atoms with Crippen molar-refractivity contribution in [1.29, 1.82) is 0 Å². The van der Waals surface area contributed by atoms with E-state index < -0.39 is 6.61 Å². The third kappa shape index (κ3) is 3.69. The Kier molecular flexibility index (Phi) is 5.34. The zero-order valence-electron chi connectivity index (χ0n) is 10.9. The van der Waals surface area contributed by atoms with Gasteiger partial charge in [0.2, 0.25) is 0 Å². The minimum absolute atomic E-state index is 0.0576. The fourth-order valence-corrected chi connectivity index (χ4v) is 2.57. The summed E-state index contributed by atoms with van der Waals surface area (Å²) < 4.78 is 28.4. The first-order chi connectivity index (χ1) is 9.61. The van der Waals surface area contributed by atoms with E-state index in [1.807, 2.05) is 4.90 Å². The van der Waals surface area contributed by atoms with Crippen LogP contribution < -0.4 is 4.74 Å². The number of benzene rings is 1. The molecule has 1 aromatic rings. The molecular weight excluding hydrogens is 332 g/mol. The molecule has 1 aliphatic carbocycles. The third-order valence-corrected chi connectivity index (χ3v) is 3.78. The molecule has 1 fully saturated rings. The van der Waals surface area contributed by atoms with Gasteiger partial charge in [-0.25, -0.2) is 0 Å². The maximum absolute atomic E-state index is 12.4. The normalized spacial score (nSPS) is 15.0. The van der Waals surface area contributed by atoms with E-state index >= 15 is 0 Å². The van der Waals surface area contributed by atoms with Gasteiger partial charge in [-0.1, -0.05) is 15.9 Å². The van der Waals surface area contributed by atoms with E-state index in [1.165, 1.54) is 24.3 Å². The van der Waals surface area contributed by atoms with Crippen molar-refractivity contribution in [2.45, 2.75) is 31.9 Å². The molecule has 1 aromatic carbocycles. The van der Waals surface area contributed by atoms with Gasteiger partial charge in [-0.3, -0.25) is 4.79 Å². The lowest BCUT2D eigenvalue weighted by molar-refractivity contribution is -0.0498. The van der Waals surface area contributed by atoms with Crippen molar-refractivity contribution in [3.63, 3.8) is 0 Å². The van der Waals surface area contributed by atoms with Gasteiger partial charge in [0.25, 0.3) is 5.91 Å². The number of halogens is 3. The zero-order valence-corrected chi connectivity index (χ0v) is 12.5. The topological polar surface area (TPSA) is 29.5 Å². The number of alkyl halides is 3. The van der Waals surface area contributed by atoms with Gasteiger partial charge >= 0.3 is 6.61 Å². The summed E-state index contributed by atoms with van der Waals surface area (Å²) in [6.07, 6.45) is 3.22. The zero-order chi connectivity index (χ0) is 14.5. The Labute approximate surface area is 125 Å². The van der Waals surface area contributed by atoms with Crippen LogP contribution in [0, 0.1) is 0 Å². The summed E-state index contributed by atoms with van der Waals surface area (Å²) >= 11 is 3.35. The number of rotatable bonds is 6. The van der Waals surface area contributed by atoms with E-state index in [1.54, 1.807) is 0 Å². The second-order valence-electron chi connectivity index (χ2n) is 4.68. The Balaban J connectivity index is 2.06. The number of ether oxygens (including phenoxy) is 1. The molecule has 20 heavy (non-hydrogen) atoms. The van der Waals surface area contributed by atoms with Gasteiger partial charge in [0.15, 0.2) is 0 Å². The predicted molar refractivity (Wildman–Crippen MR) is 75.5 cm³/mol. The Hall–Kier alpha value is -1.17. The van der Waals surface area contributed by atoms with E-state index in [4.69, 9.17) is 0 Å². The van der Waals surface area contributed by atoms with Crippen molar-refractivity contribution in [2.75, 3.05) is 11.9 Å². The first-order valence-electron chi connectivity index (χ1n) is 6.53. The fraction of sp³-hybridized carbons (Fsp3) is 0.500. The molecule has 0 bridgehead atoms. The summed E-state index contributed by atoms with van der Waals surface area (Å²) in [6.45, 7) is -2.20. The first kappa shape index (κ1) is 15.2. The molecule has 110 valence electrons. The molecule has 0 unspecified atom stereocenters. The van der Waals surface area contributed by atoms with Crippen molar-refractivity contribution in [1.82, 2.24) is 4.90 Å². The van der Waals surface area contributed by atoms with Crippen LogP contribution in [-0.4, -0.2) is 35.3 Å².